The van der Waals surface area contributed by atoms with Crippen molar-refractivity contribution in [3.8, 4) is 0 Å². The Balaban J connectivity index is 2.41. The fraction of sp³-hybridized carbons (Fsp3) is 0.214. The van der Waals surface area contributed by atoms with Gasteiger partial charge < -0.3 is 5.73 Å². The van der Waals surface area contributed by atoms with E-state index in [9.17, 15) is 4.79 Å². The summed E-state index contributed by atoms with van der Waals surface area (Å²) in [4.78, 5) is 11.1. The highest BCUT2D eigenvalue weighted by atomic mass is 16.1. The molecule has 0 fully saturated rings. The van der Waals surface area contributed by atoms with Crippen molar-refractivity contribution in [2.75, 3.05) is 0 Å². The van der Waals surface area contributed by atoms with Crippen LogP contribution in [0.5, 0.6) is 0 Å². The minimum Gasteiger partial charge on any atom is -0.369 e. The Morgan fingerprint density at radius 3 is 2.62 bits per heavy atom. The number of carbonyl (C=O) groups excluding carboxylic acids is 1. The first kappa shape index (κ1) is 10.7. The summed E-state index contributed by atoms with van der Waals surface area (Å²) in [5, 5.41) is 2.41. The van der Waals surface area contributed by atoms with Crippen LogP contribution in [0.15, 0.2) is 42.5 Å². The van der Waals surface area contributed by atoms with E-state index >= 15 is 0 Å². The van der Waals surface area contributed by atoms with Crippen molar-refractivity contribution in [1.29, 1.82) is 0 Å². The number of rotatable bonds is 3. The van der Waals surface area contributed by atoms with E-state index in [4.69, 9.17) is 5.73 Å². The topological polar surface area (TPSA) is 43.1 Å². The summed E-state index contributed by atoms with van der Waals surface area (Å²) in [7, 11) is 0. The number of hydrogen-bond acceptors (Lipinski definition) is 1. The third-order valence-corrected chi connectivity index (χ3v) is 2.89. The van der Waals surface area contributed by atoms with Crippen LogP contribution in [0.3, 0.4) is 0 Å². The molecule has 0 spiro atoms. The molecule has 16 heavy (non-hydrogen) atoms. The Labute approximate surface area is 95.1 Å². The Morgan fingerprint density at radius 1 is 1.19 bits per heavy atom. The van der Waals surface area contributed by atoms with Crippen LogP contribution in [-0.2, 0) is 11.2 Å². The molecule has 0 unspecified atom stereocenters. The monoisotopic (exact) mass is 213 g/mol. The first-order valence-electron chi connectivity index (χ1n) is 5.44. The highest BCUT2D eigenvalue weighted by Crippen LogP contribution is 2.20. The van der Waals surface area contributed by atoms with Gasteiger partial charge in [0.05, 0.1) is 0 Å². The summed E-state index contributed by atoms with van der Waals surface area (Å²) in [5.74, 6) is -0.362. The summed E-state index contributed by atoms with van der Waals surface area (Å²) in [5.41, 5.74) is 6.47. The molecule has 0 aromatic heterocycles. The molecule has 0 saturated carbocycles. The lowest BCUT2D eigenvalue weighted by Crippen LogP contribution is -2.22. The van der Waals surface area contributed by atoms with Crippen LogP contribution in [0.1, 0.15) is 12.5 Å². The third-order valence-electron chi connectivity index (χ3n) is 2.89. The van der Waals surface area contributed by atoms with Crippen LogP contribution in [0.4, 0.5) is 0 Å². The summed E-state index contributed by atoms with van der Waals surface area (Å²) in [6, 6.07) is 14.3. The van der Waals surface area contributed by atoms with Gasteiger partial charge in [-0.25, -0.2) is 0 Å². The third kappa shape index (κ3) is 2.06. The van der Waals surface area contributed by atoms with E-state index in [-0.39, 0.29) is 11.8 Å². The van der Waals surface area contributed by atoms with E-state index in [1.54, 1.807) is 0 Å². The van der Waals surface area contributed by atoms with E-state index in [0.717, 1.165) is 0 Å². The molecule has 0 radical (unpaired) electrons. The standard InChI is InChI=1S/C14H15NO/c1-10(14(15)16)9-12-7-4-6-11-5-2-3-8-13(11)12/h2-8,10H,9H2,1H3,(H2,15,16)/t10-/m0/s1. The SMILES string of the molecule is C[C@@H](Cc1cccc2ccccc12)C(N)=O. The Morgan fingerprint density at radius 2 is 1.88 bits per heavy atom. The quantitative estimate of drug-likeness (QED) is 0.836. The lowest BCUT2D eigenvalue weighted by atomic mass is 9.96. The molecule has 0 bridgehead atoms. The largest absolute Gasteiger partial charge is 0.369 e. The van der Waals surface area contributed by atoms with Gasteiger partial charge in [0.2, 0.25) is 5.91 Å². The Kier molecular flexibility index (Phi) is 2.91. The molecular formula is C14H15NO. The summed E-state index contributed by atoms with van der Waals surface area (Å²) < 4.78 is 0. The van der Waals surface area contributed by atoms with Gasteiger partial charge in [0.15, 0.2) is 0 Å². The highest BCUT2D eigenvalue weighted by molar-refractivity contribution is 5.86. The van der Waals surface area contributed by atoms with Gasteiger partial charge in [0, 0.05) is 5.92 Å². The first-order valence-corrected chi connectivity index (χ1v) is 5.44. The zero-order valence-corrected chi connectivity index (χ0v) is 9.31. The molecule has 2 aromatic rings. The van der Waals surface area contributed by atoms with Gasteiger partial charge in [-0.3, -0.25) is 4.79 Å². The Hall–Kier alpha value is -1.83. The van der Waals surface area contributed by atoms with Crippen molar-refractivity contribution in [3.05, 3.63) is 48.0 Å². The normalized spacial score (nSPS) is 12.6. The van der Waals surface area contributed by atoms with Gasteiger partial charge >= 0.3 is 0 Å². The average molecular weight is 213 g/mol. The van der Waals surface area contributed by atoms with Crippen molar-refractivity contribution in [3.63, 3.8) is 0 Å². The molecular weight excluding hydrogens is 198 g/mol. The number of primary amides is 1. The van der Waals surface area contributed by atoms with Crippen LogP contribution >= 0.6 is 0 Å². The maximum Gasteiger partial charge on any atom is 0.220 e. The van der Waals surface area contributed by atoms with Crippen LogP contribution in [0.2, 0.25) is 0 Å². The van der Waals surface area contributed by atoms with Crippen LogP contribution in [0, 0.1) is 5.92 Å². The summed E-state index contributed by atoms with van der Waals surface area (Å²) in [6.07, 6.45) is 0.705. The predicted octanol–water partition coefficient (Wildman–Crippen LogP) is 2.50. The van der Waals surface area contributed by atoms with Crippen LogP contribution in [0.25, 0.3) is 10.8 Å². The highest BCUT2D eigenvalue weighted by Gasteiger charge is 2.10. The van der Waals surface area contributed by atoms with Crippen molar-refractivity contribution in [1.82, 2.24) is 0 Å². The van der Waals surface area contributed by atoms with Crippen molar-refractivity contribution in [2.45, 2.75) is 13.3 Å². The first-order chi connectivity index (χ1) is 7.68. The molecule has 0 aliphatic carbocycles. The van der Waals surface area contributed by atoms with Crippen LogP contribution < -0.4 is 5.73 Å². The van der Waals surface area contributed by atoms with Gasteiger partial charge in [-0.15, -0.1) is 0 Å². The van der Waals surface area contributed by atoms with E-state index in [0.29, 0.717) is 6.42 Å². The second-order valence-corrected chi connectivity index (χ2v) is 4.15. The molecule has 2 rings (SSSR count). The molecule has 2 N–H and O–H groups in total. The summed E-state index contributed by atoms with van der Waals surface area (Å²) in [6.45, 7) is 1.87. The Bertz CT molecular complexity index is 514. The molecule has 0 saturated heterocycles. The van der Waals surface area contributed by atoms with E-state index < -0.39 is 0 Å². The minimum atomic E-state index is -0.243. The van der Waals surface area contributed by atoms with Crippen LogP contribution in [-0.4, -0.2) is 5.91 Å². The lowest BCUT2D eigenvalue weighted by molar-refractivity contribution is -0.121. The molecule has 1 atom stereocenters. The molecule has 1 amide bonds. The molecule has 0 aliphatic heterocycles. The second-order valence-electron chi connectivity index (χ2n) is 4.15. The minimum absolute atomic E-state index is 0.120. The number of nitrogens with two attached hydrogens (primary N) is 1. The maximum absolute atomic E-state index is 11.1. The zero-order valence-electron chi connectivity index (χ0n) is 9.31. The van der Waals surface area contributed by atoms with Gasteiger partial charge in [0.25, 0.3) is 0 Å². The fourth-order valence-electron chi connectivity index (χ4n) is 1.90. The maximum atomic E-state index is 11.1. The van der Waals surface area contributed by atoms with E-state index in [1.807, 2.05) is 25.1 Å². The van der Waals surface area contributed by atoms with Crippen molar-refractivity contribution < 1.29 is 4.79 Å². The van der Waals surface area contributed by atoms with Gasteiger partial charge in [-0.2, -0.15) is 0 Å². The average Bonchev–Trinajstić information content (AvgIpc) is 2.29. The second kappa shape index (κ2) is 4.35. The number of benzene rings is 2. The van der Waals surface area contributed by atoms with E-state index in [2.05, 4.69) is 24.3 Å². The van der Waals surface area contributed by atoms with Crippen molar-refractivity contribution in [2.24, 2.45) is 11.7 Å². The molecule has 0 heterocycles. The molecule has 2 heteroatoms. The van der Waals surface area contributed by atoms with Gasteiger partial charge in [0.1, 0.15) is 0 Å². The zero-order chi connectivity index (χ0) is 11.5. The predicted molar refractivity (Wildman–Crippen MR) is 66.0 cm³/mol. The lowest BCUT2D eigenvalue weighted by Gasteiger charge is -2.10. The molecule has 0 aliphatic rings. The van der Waals surface area contributed by atoms with Crippen molar-refractivity contribution >= 4 is 16.7 Å². The number of fused-ring (bicyclic) bond motifs is 1. The van der Waals surface area contributed by atoms with Gasteiger partial charge in [-0.05, 0) is 22.8 Å². The summed E-state index contributed by atoms with van der Waals surface area (Å²) >= 11 is 0. The molecule has 82 valence electrons. The smallest absolute Gasteiger partial charge is 0.220 e. The number of hydrogen-bond donors (Lipinski definition) is 1. The fourth-order valence-corrected chi connectivity index (χ4v) is 1.90. The molecule has 2 nitrogen and oxygen atoms in total. The number of carbonyl (C=O) groups is 1. The number of amides is 1. The van der Waals surface area contributed by atoms with Gasteiger partial charge in [-0.1, -0.05) is 49.4 Å². The van der Waals surface area contributed by atoms with E-state index in [1.165, 1.54) is 16.3 Å². The molecule has 2 aromatic carbocycles.